The van der Waals surface area contributed by atoms with E-state index >= 15 is 0 Å². The standard InChI is InChI=1S/C15H20ClN3O2/c1-8-6-10(12(16)18-7-8)19-13(20)15(17)9-4-5-21-11(9)14(15,2)3/h6-7,9,11H,4-5,17H2,1-3H3,(H,19,20). The third kappa shape index (κ3) is 1.91. The van der Waals surface area contributed by atoms with Gasteiger partial charge in [0.2, 0.25) is 5.91 Å². The van der Waals surface area contributed by atoms with Gasteiger partial charge in [-0.3, -0.25) is 4.79 Å². The lowest BCUT2D eigenvalue weighted by atomic mass is 9.48. The van der Waals surface area contributed by atoms with Gasteiger partial charge in [0.25, 0.3) is 0 Å². The fourth-order valence-corrected chi connectivity index (χ4v) is 3.86. The Morgan fingerprint density at radius 2 is 2.29 bits per heavy atom. The van der Waals surface area contributed by atoms with E-state index in [1.807, 2.05) is 20.8 Å². The lowest BCUT2D eigenvalue weighted by molar-refractivity contribution is -0.170. The number of amides is 1. The summed E-state index contributed by atoms with van der Waals surface area (Å²) in [7, 11) is 0. The fourth-order valence-electron chi connectivity index (χ4n) is 3.71. The van der Waals surface area contributed by atoms with Crippen molar-refractivity contribution >= 4 is 23.2 Å². The highest BCUT2D eigenvalue weighted by molar-refractivity contribution is 6.32. The Morgan fingerprint density at radius 3 is 3.00 bits per heavy atom. The van der Waals surface area contributed by atoms with Crippen molar-refractivity contribution in [1.29, 1.82) is 0 Å². The Bertz CT molecular complexity index is 605. The fraction of sp³-hybridized carbons (Fsp3) is 0.600. The summed E-state index contributed by atoms with van der Waals surface area (Å²) in [4.78, 5) is 16.8. The first-order valence-corrected chi connectivity index (χ1v) is 7.50. The normalized spacial score (nSPS) is 33.2. The Hall–Kier alpha value is -1.17. The first-order chi connectivity index (χ1) is 9.78. The zero-order valence-corrected chi connectivity index (χ0v) is 13.2. The van der Waals surface area contributed by atoms with E-state index in [1.54, 1.807) is 12.3 Å². The molecule has 1 aliphatic heterocycles. The molecule has 3 unspecified atom stereocenters. The molecular formula is C15H20ClN3O2. The van der Waals surface area contributed by atoms with Crippen LogP contribution in [0.2, 0.25) is 5.15 Å². The predicted molar refractivity (Wildman–Crippen MR) is 81.2 cm³/mol. The van der Waals surface area contributed by atoms with E-state index in [2.05, 4.69) is 10.3 Å². The first-order valence-electron chi connectivity index (χ1n) is 7.12. The van der Waals surface area contributed by atoms with Gasteiger partial charge < -0.3 is 15.8 Å². The van der Waals surface area contributed by atoms with Crippen molar-refractivity contribution in [3.05, 3.63) is 23.0 Å². The Balaban J connectivity index is 1.87. The number of nitrogens with zero attached hydrogens (tertiary/aromatic N) is 1. The minimum Gasteiger partial charge on any atom is -0.377 e. The van der Waals surface area contributed by atoms with E-state index in [9.17, 15) is 4.79 Å². The number of halogens is 1. The average molecular weight is 310 g/mol. The molecule has 114 valence electrons. The number of hydrogen-bond acceptors (Lipinski definition) is 4. The van der Waals surface area contributed by atoms with Crippen molar-refractivity contribution in [3.63, 3.8) is 0 Å². The van der Waals surface area contributed by atoms with Crippen LogP contribution in [0.4, 0.5) is 5.69 Å². The van der Waals surface area contributed by atoms with Gasteiger partial charge in [0, 0.05) is 24.1 Å². The van der Waals surface area contributed by atoms with Gasteiger partial charge in [-0.05, 0) is 25.0 Å². The van der Waals surface area contributed by atoms with Crippen molar-refractivity contribution in [2.75, 3.05) is 11.9 Å². The summed E-state index contributed by atoms with van der Waals surface area (Å²) < 4.78 is 5.71. The van der Waals surface area contributed by atoms with Crippen molar-refractivity contribution in [2.24, 2.45) is 17.1 Å². The molecule has 1 aromatic rings. The van der Waals surface area contributed by atoms with E-state index in [1.165, 1.54) is 0 Å². The van der Waals surface area contributed by atoms with Gasteiger partial charge in [0.05, 0.1) is 11.8 Å². The number of nitrogens with two attached hydrogens (primary N) is 1. The van der Waals surface area contributed by atoms with Crippen LogP contribution in [0.15, 0.2) is 12.3 Å². The molecule has 2 aliphatic rings. The first kappa shape index (κ1) is 14.8. The number of nitrogens with one attached hydrogen (secondary N) is 1. The largest absolute Gasteiger partial charge is 0.377 e. The van der Waals surface area contributed by atoms with Gasteiger partial charge in [-0.15, -0.1) is 0 Å². The van der Waals surface area contributed by atoms with Gasteiger partial charge >= 0.3 is 0 Å². The molecule has 1 saturated heterocycles. The molecule has 2 heterocycles. The van der Waals surface area contributed by atoms with Crippen molar-refractivity contribution < 1.29 is 9.53 Å². The predicted octanol–water partition coefficient (Wildman–Crippen LogP) is 2.12. The number of carbonyl (C=O) groups excluding carboxylic acids is 1. The number of carbonyl (C=O) groups is 1. The third-order valence-corrected chi connectivity index (χ3v) is 5.35. The maximum Gasteiger partial charge on any atom is 0.245 e. The molecule has 2 fully saturated rings. The van der Waals surface area contributed by atoms with Crippen molar-refractivity contribution in [3.8, 4) is 0 Å². The quantitative estimate of drug-likeness (QED) is 0.820. The van der Waals surface area contributed by atoms with E-state index < -0.39 is 11.0 Å². The number of ether oxygens (including phenoxy) is 1. The second-order valence-corrected chi connectivity index (χ2v) is 6.94. The second-order valence-electron chi connectivity index (χ2n) is 6.58. The molecule has 0 bridgehead atoms. The van der Waals surface area contributed by atoms with E-state index in [0.29, 0.717) is 12.3 Å². The maximum absolute atomic E-state index is 12.8. The summed E-state index contributed by atoms with van der Waals surface area (Å²) in [6.45, 7) is 6.52. The lowest BCUT2D eigenvalue weighted by Gasteiger charge is -2.60. The zero-order chi connectivity index (χ0) is 15.4. The van der Waals surface area contributed by atoms with E-state index in [0.717, 1.165) is 12.0 Å². The smallest absolute Gasteiger partial charge is 0.245 e. The SMILES string of the molecule is Cc1cnc(Cl)c(NC(=O)C2(N)C3CCOC3C2(C)C)c1. The van der Waals surface area contributed by atoms with Gasteiger partial charge in [-0.1, -0.05) is 25.4 Å². The van der Waals surface area contributed by atoms with Crippen LogP contribution in [0.1, 0.15) is 25.8 Å². The van der Waals surface area contributed by atoms with Gasteiger partial charge in [-0.2, -0.15) is 0 Å². The number of rotatable bonds is 2. The summed E-state index contributed by atoms with van der Waals surface area (Å²) >= 11 is 6.04. The summed E-state index contributed by atoms with van der Waals surface area (Å²) in [6, 6.07) is 1.80. The molecule has 0 radical (unpaired) electrons. The van der Waals surface area contributed by atoms with Crippen LogP contribution in [0.25, 0.3) is 0 Å². The van der Waals surface area contributed by atoms with Crippen molar-refractivity contribution in [2.45, 2.75) is 38.8 Å². The van der Waals surface area contributed by atoms with Crippen LogP contribution in [-0.4, -0.2) is 29.1 Å². The molecule has 3 atom stereocenters. The third-order valence-electron chi connectivity index (χ3n) is 5.05. The number of fused-ring (bicyclic) bond motifs is 1. The number of aromatic nitrogens is 1. The Morgan fingerprint density at radius 1 is 1.57 bits per heavy atom. The molecule has 1 aliphatic carbocycles. The number of aryl methyl sites for hydroxylation is 1. The molecule has 0 aromatic carbocycles. The second kappa shape index (κ2) is 4.66. The van der Waals surface area contributed by atoms with Crippen LogP contribution >= 0.6 is 11.6 Å². The van der Waals surface area contributed by atoms with Gasteiger partial charge in [-0.25, -0.2) is 4.98 Å². The van der Waals surface area contributed by atoms with Crippen LogP contribution in [0.3, 0.4) is 0 Å². The molecule has 3 N–H and O–H groups in total. The molecular weight excluding hydrogens is 290 g/mol. The van der Waals surface area contributed by atoms with E-state index in [4.69, 9.17) is 22.1 Å². The molecule has 1 amide bonds. The van der Waals surface area contributed by atoms with E-state index in [-0.39, 0.29) is 23.1 Å². The molecule has 1 aromatic heterocycles. The summed E-state index contributed by atoms with van der Waals surface area (Å²) in [5.41, 5.74) is 6.58. The monoisotopic (exact) mass is 309 g/mol. The summed E-state index contributed by atoms with van der Waals surface area (Å²) in [5.74, 6) is -0.155. The summed E-state index contributed by atoms with van der Waals surface area (Å²) in [6.07, 6.45) is 2.53. The number of hydrogen-bond donors (Lipinski definition) is 2. The number of pyridine rings is 1. The highest BCUT2D eigenvalue weighted by Crippen LogP contribution is 2.58. The highest BCUT2D eigenvalue weighted by atomic mass is 35.5. The molecule has 6 heteroatoms. The lowest BCUT2D eigenvalue weighted by Crippen LogP contribution is -2.79. The molecule has 5 nitrogen and oxygen atoms in total. The Kier molecular flexibility index (Phi) is 3.28. The van der Waals surface area contributed by atoms with Crippen LogP contribution < -0.4 is 11.1 Å². The number of anilines is 1. The summed E-state index contributed by atoms with van der Waals surface area (Å²) in [5, 5.41) is 3.12. The molecule has 3 rings (SSSR count). The Labute approximate surface area is 129 Å². The molecule has 0 spiro atoms. The van der Waals surface area contributed by atoms with Crippen molar-refractivity contribution in [1.82, 2.24) is 4.98 Å². The minimum atomic E-state index is -0.943. The van der Waals surface area contributed by atoms with Gasteiger partial charge in [0.1, 0.15) is 5.54 Å². The zero-order valence-electron chi connectivity index (χ0n) is 12.4. The highest BCUT2D eigenvalue weighted by Gasteiger charge is 2.71. The maximum atomic E-state index is 12.8. The topological polar surface area (TPSA) is 77.2 Å². The van der Waals surface area contributed by atoms with Crippen LogP contribution in [0, 0.1) is 18.3 Å². The minimum absolute atomic E-state index is 0.0550. The average Bonchev–Trinajstić information content (AvgIpc) is 2.90. The van der Waals surface area contributed by atoms with Crippen LogP contribution in [0.5, 0.6) is 0 Å². The molecule has 21 heavy (non-hydrogen) atoms. The van der Waals surface area contributed by atoms with Crippen LogP contribution in [-0.2, 0) is 9.53 Å². The molecule has 1 saturated carbocycles. The van der Waals surface area contributed by atoms with Gasteiger partial charge in [0.15, 0.2) is 5.15 Å².